The van der Waals surface area contributed by atoms with E-state index < -0.39 is 17.9 Å². The Bertz CT molecular complexity index is 699. The zero-order valence-electron chi connectivity index (χ0n) is 17.4. The van der Waals surface area contributed by atoms with Crippen LogP contribution >= 0.6 is 0 Å². The van der Waals surface area contributed by atoms with Crippen molar-refractivity contribution in [1.82, 2.24) is 5.32 Å². The van der Waals surface area contributed by atoms with Gasteiger partial charge in [0.1, 0.15) is 0 Å². The Morgan fingerprint density at radius 1 is 1.03 bits per heavy atom. The van der Waals surface area contributed by atoms with Crippen LogP contribution in [0.15, 0.2) is 18.2 Å². The Morgan fingerprint density at radius 3 is 2.34 bits per heavy atom. The van der Waals surface area contributed by atoms with Crippen LogP contribution in [-0.4, -0.2) is 52.0 Å². The molecule has 1 N–H and O–H groups in total. The minimum Gasteiger partial charge on any atom is -0.493 e. The standard InChI is InChI=1S/C22H31NO6/c1-26-19-9-8-14(12-20(19)29-15-6-4-5-7-15)16-10-11-23-18(16)13-17(21(24)27-2)22(25)28-3/h8-9,12,15-18,23H,4-7,10-11,13H2,1-3H3/t16-,18-/m0/s1. The van der Waals surface area contributed by atoms with E-state index in [0.29, 0.717) is 6.42 Å². The average Bonchev–Trinajstić information content (AvgIpc) is 3.42. The van der Waals surface area contributed by atoms with Gasteiger partial charge in [0.05, 0.1) is 27.4 Å². The molecule has 1 aromatic rings. The lowest BCUT2D eigenvalue weighted by atomic mass is 9.86. The zero-order valence-corrected chi connectivity index (χ0v) is 17.4. The van der Waals surface area contributed by atoms with Gasteiger partial charge in [0, 0.05) is 12.0 Å². The van der Waals surface area contributed by atoms with Crippen LogP contribution in [0.5, 0.6) is 11.5 Å². The number of nitrogens with one attached hydrogen (secondary N) is 1. The fraction of sp³-hybridized carbons (Fsp3) is 0.636. The van der Waals surface area contributed by atoms with Crippen LogP contribution in [0.3, 0.4) is 0 Å². The van der Waals surface area contributed by atoms with Gasteiger partial charge >= 0.3 is 11.9 Å². The highest BCUT2D eigenvalue weighted by molar-refractivity contribution is 5.94. The second-order valence-electron chi connectivity index (χ2n) is 7.73. The highest BCUT2D eigenvalue weighted by Crippen LogP contribution is 2.38. The summed E-state index contributed by atoms with van der Waals surface area (Å²) in [5, 5.41) is 3.43. The number of hydrogen-bond acceptors (Lipinski definition) is 7. The van der Waals surface area contributed by atoms with Crippen LogP contribution in [0, 0.1) is 5.92 Å². The maximum absolute atomic E-state index is 12.1. The minimum absolute atomic E-state index is 0.0362. The van der Waals surface area contributed by atoms with E-state index in [1.54, 1.807) is 7.11 Å². The van der Waals surface area contributed by atoms with Crippen molar-refractivity contribution in [2.75, 3.05) is 27.9 Å². The number of methoxy groups -OCH3 is 3. The van der Waals surface area contributed by atoms with Gasteiger partial charge in [0.15, 0.2) is 17.4 Å². The third-order valence-electron chi connectivity index (χ3n) is 6.02. The molecule has 3 rings (SSSR count). The molecule has 2 atom stereocenters. The van der Waals surface area contributed by atoms with Crippen LogP contribution in [0.2, 0.25) is 0 Å². The monoisotopic (exact) mass is 405 g/mol. The normalized spacial score (nSPS) is 21.9. The third-order valence-corrected chi connectivity index (χ3v) is 6.02. The van der Waals surface area contributed by atoms with Crippen LogP contribution in [0.25, 0.3) is 0 Å². The van der Waals surface area contributed by atoms with Gasteiger partial charge in [-0.25, -0.2) is 0 Å². The highest BCUT2D eigenvalue weighted by Gasteiger charge is 2.37. The van der Waals surface area contributed by atoms with Gasteiger partial charge in [-0.3, -0.25) is 9.59 Å². The van der Waals surface area contributed by atoms with Gasteiger partial charge in [0.2, 0.25) is 0 Å². The van der Waals surface area contributed by atoms with Crippen molar-refractivity contribution in [3.8, 4) is 11.5 Å². The summed E-state index contributed by atoms with van der Waals surface area (Å²) in [6.45, 7) is 0.815. The number of ether oxygens (including phenoxy) is 4. The Balaban J connectivity index is 1.79. The molecule has 160 valence electrons. The molecule has 1 heterocycles. The first-order chi connectivity index (χ1) is 14.1. The number of benzene rings is 1. The summed E-state index contributed by atoms with van der Waals surface area (Å²) in [5.74, 6) is -0.419. The molecule has 1 aromatic carbocycles. The average molecular weight is 405 g/mol. The van der Waals surface area contributed by atoms with Crippen molar-refractivity contribution in [2.24, 2.45) is 5.92 Å². The molecular formula is C22H31NO6. The molecule has 0 unspecified atom stereocenters. The fourth-order valence-corrected chi connectivity index (χ4v) is 4.44. The van der Waals surface area contributed by atoms with Gasteiger partial charge in [-0.15, -0.1) is 0 Å². The smallest absolute Gasteiger partial charge is 0.320 e. The topological polar surface area (TPSA) is 83.1 Å². The maximum atomic E-state index is 12.1. The Labute approximate surface area is 172 Å². The van der Waals surface area contributed by atoms with Crippen molar-refractivity contribution >= 4 is 11.9 Å². The maximum Gasteiger partial charge on any atom is 0.320 e. The predicted molar refractivity (Wildman–Crippen MR) is 107 cm³/mol. The third kappa shape index (κ3) is 5.01. The molecule has 1 aliphatic carbocycles. The first kappa shape index (κ1) is 21.4. The molecule has 1 saturated carbocycles. The van der Waals surface area contributed by atoms with Crippen molar-refractivity contribution in [3.05, 3.63) is 23.8 Å². The Kier molecular flexibility index (Phi) is 7.36. The molecule has 1 aliphatic heterocycles. The summed E-state index contributed by atoms with van der Waals surface area (Å²) < 4.78 is 21.3. The molecule has 7 heteroatoms. The van der Waals surface area contributed by atoms with Crippen LogP contribution in [0.4, 0.5) is 0 Å². The molecule has 0 radical (unpaired) electrons. The van der Waals surface area contributed by atoms with E-state index in [0.717, 1.165) is 42.9 Å². The summed E-state index contributed by atoms with van der Waals surface area (Å²) in [7, 11) is 4.22. The molecule has 0 amide bonds. The molecule has 29 heavy (non-hydrogen) atoms. The Morgan fingerprint density at radius 2 is 1.72 bits per heavy atom. The van der Waals surface area contributed by atoms with E-state index in [2.05, 4.69) is 5.32 Å². The molecule has 2 aliphatic rings. The molecule has 2 fully saturated rings. The van der Waals surface area contributed by atoms with E-state index in [9.17, 15) is 9.59 Å². The van der Waals surface area contributed by atoms with Crippen LogP contribution in [0.1, 0.15) is 50.0 Å². The van der Waals surface area contributed by atoms with Crippen molar-refractivity contribution in [3.63, 3.8) is 0 Å². The number of carbonyl (C=O) groups excluding carboxylic acids is 2. The summed E-state index contributed by atoms with van der Waals surface area (Å²) in [6.07, 6.45) is 6.01. The molecule has 0 spiro atoms. The number of esters is 2. The van der Waals surface area contributed by atoms with Gasteiger partial charge < -0.3 is 24.3 Å². The second kappa shape index (κ2) is 9.96. The van der Waals surface area contributed by atoms with E-state index in [4.69, 9.17) is 18.9 Å². The number of hydrogen-bond donors (Lipinski definition) is 1. The predicted octanol–water partition coefficient (Wildman–Crippen LogP) is 2.81. The van der Waals surface area contributed by atoms with Gasteiger partial charge in [-0.05, 0) is 62.8 Å². The van der Waals surface area contributed by atoms with E-state index >= 15 is 0 Å². The molecular weight excluding hydrogens is 374 g/mol. The van der Waals surface area contributed by atoms with E-state index in [1.807, 2.05) is 18.2 Å². The first-order valence-electron chi connectivity index (χ1n) is 10.3. The quantitative estimate of drug-likeness (QED) is 0.526. The fourth-order valence-electron chi connectivity index (χ4n) is 4.44. The van der Waals surface area contributed by atoms with Gasteiger partial charge in [-0.2, -0.15) is 0 Å². The largest absolute Gasteiger partial charge is 0.493 e. The molecule has 0 bridgehead atoms. The highest BCUT2D eigenvalue weighted by atomic mass is 16.5. The summed E-state index contributed by atoms with van der Waals surface area (Å²) in [5.41, 5.74) is 1.11. The van der Waals surface area contributed by atoms with Gasteiger partial charge in [0.25, 0.3) is 0 Å². The van der Waals surface area contributed by atoms with Gasteiger partial charge in [-0.1, -0.05) is 6.07 Å². The number of carbonyl (C=O) groups is 2. The van der Waals surface area contributed by atoms with Crippen LogP contribution < -0.4 is 14.8 Å². The molecule has 0 aromatic heterocycles. The summed E-state index contributed by atoms with van der Waals surface area (Å²) in [4.78, 5) is 24.2. The summed E-state index contributed by atoms with van der Waals surface area (Å²) in [6, 6.07) is 5.99. The first-order valence-corrected chi connectivity index (χ1v) is 10.3. The minimum atomic E-state index is -0.935. The van der Waals surface area contributed by atoms with E-state index in [-0.39, 0.29) is 18.1 Å². The van der Waals surface area contributed by atoms with E-state index in [1.165, 1.54) is 27.1 Å². The lowest BCUT2D eigenvalue weighted by Crippen LogP contribution is -2.36. The Hall–Kier alpha value is -2.28. The summed E-state index contributed by atoms with van der Waals surface area (Å²) >= 11 is 0. The number of rotatable bonds is 8. The zero-order chi connectivity index (χ0) is 20.8. The lowest BCUT2D eigenvalue weighted by molar-refractivity contribution is -0.159. The van der Waals surface area contributed by atoms with Crippen molar-refractivity contribution < 1.29 is 28.5 Å². The second-order valence-corrected chi connectivity index (χ2v) is 7.73. The SMILES string of the molecule is COC(=O)C(C[C@@H]1NCC[C@H]1c1ccc(OC)c(OC2CCCC2)c1)C(=O)OC. The van der Waals surface area contributed by atoms with Crippen LogP contribution in [-0.2, 0) is 19.1 Å². The lowest BCUT2D eigenvalue weighted by Gasteiger charge is -2.24. The van der Waals surface area contributed by atoms with Crippen molar-refractivity contribution in [2.45, 2.75) is 56.6 Å². The molecule has 7 nitrogen and oxygen atoms in total. The van der Waals surface area contributed by atoms with Crippen molar-refractivity contribution in [1.29, 1.82) is 0 Å². The molecule has 1 saturated heterocycles.